The Morgan fingerprint density at radius 1 is 1.30 bits per heavy atom. The van der Waals surface area contributed by atoms with Gasteiger partial charge in [-0.15, -0.1) is 0 Å². The fraction of sp³-hybridized carbons (Fsp3) is 0.588. The van der Waals surface area contributed by atoms with Crippen LogP contribution in [-0.4, -0.2) is 45.5 Å². The summed E-state index contributed by atoms with van der Waals surface area (Å²) < 4.78 is 22.5. The van der Waals surface area contributed by atoms with Crippen molar-refractivity contribution in [3.8, 4) is 0 Å². The first kappa shape index (κ1) is 19.5. The van der Waals surface area contributed by atoms with E-state index in [1.807, 2.05) is 26.0 Å². The first-order valence-electron chi connectivity index (χ1n) is 8.09. The molecule has 0 fully saturated rings. The van der Waals surface area contributed by atoms with Crippen LogP contribution in [0.15, 0.2) is 29.3 Å². The van der Waals surface area contributed by atoms with E-state index in [4.69, 9.17) is 0 Å². The van der Waals surface area contributed by atoms with Crippen molar-refractivity contribution in [2.45, 2.75) is 39.7 Å². The molecule has 0 aliphatic carbocycles. The number of guanidine groups is 1. The number of nitrogens with one attached hydrogen (secondary N) is 2. The molecule has 0 radical (unpaired) electrons. The Morgan fingerprint density at radius 3 is 2.61 bits per heavy atom. The third-order valence-electron chi connectivity index (χ3n) is 3.56. The maximum absolute atomic E-state index is 11.2. The Bertz CT molecular complexity index is 612. The van der Waals surface area contributed by atoms with Gasteiger partial charge in [-0.3, -0.25) is 4.99 Å². The topological polar surface area (TPSA) is 70.6 Å². The molecule has 1 atom stereocenters. The molecule has 0 bridgehead atoms. The molecule has 130 valence electrons. The van der Waals surface area contributed by atoms with E-state index < -0.39 is 9.84 Å². The minimum absolute atomic E-state index is 0.0565. The van der Waals surface area contributed by atoms with Gasteiger partial charge in [0.15, 0.2) is 5.96 Å². The van der Waals surface area contributed by atoms with E-state index >= 15 is 0 Å². The van der Waals surface area contributed by atoms with Crippen LogP contribution in [0.5, 0.6) is 0 Å². The fourth-order valence-corrected chi connectivity index (χ4v) is 2.98. The number of hydrogen-bond donors (Lipinski definition) is 2. The predicted molar refractivity (Wildman–Crippen MR) is 97.8 cm³/mol. The van der Waals surface area contributed by atoms with Crippen molar-refractivity contribution in [2.24, 2.45) is 4.99 Å². The maximum atomic E-state index is 11.2. The van der Waals surface area contributed by atoms with Crippen LogP contribution in [0, 0.1) is 6.92 Å². The van der Waals surface area contributed by atoms with Gasteiger partial charge >= 0.3 is 0 Å². The Balaban J connectivity index is 2.54. The van der Waals surface area contributed by atoms with Gasteiger partial charge in [0.05, 0.1) is 5.75 Å². The number of aryl methyl sites for hydroxylation is 1. The first-order valence-corrected chi connectivity index (χ1v) is 10.1. The summed E-state index contributed by atoms with van der Waals surface area (Å²) in [4.78, 5) is 4.58. The number of rotatable bonds is 8. The molecule has 1 aromatic carbocycles. The van der Waals surface area contributed by atoms with Crippen molar-refractivity contribution in [1.82, 2.24) is 10.6 Å². The lowest BCUT2D eigenvalue weighted by atomic mass is 10.1. The highest BCUT2D eigenvalue weighted by atomic mass is 32.2. The van der Waals surface area contributed by atoms with Gasteiger partial charge in [-0.1, -0.05) is 24.3 Å². The molecule has 0 saturated carbocycles. The van der Waals surface area contributed by atoms with Gasteiger partial charge in [-0.25, -0.2) is 8.42 Å². The van der Waals surface area contributed by atoms with Crippen molar-refractivity contribution < 1.29 is 8.42 Å². The predicted octanol–water partition coefficient (Wildman–Crippen LogP) is 1.92. The van der Waals surface area contributed by atoms with Gasteiger partial charge < -0.3 is 10.6 Å². The molecule has 5 nitrogen and oxygen atoms in total. The molecular formula is C17H29N3O2S. The largest absolute Gasteiger partial charge is 0.357 e. The molecule has 23 heavy (non-hydrogen) atoms. The average Bonchev–Trinajstić information content (AvgIpc) is 2.46. The highest BCUT2D eigenvalue weighted by Gasteiger charge is 2.09. The van der Waals surface area contributed by atoms with Gasteiger partial charge in [0.1, 0.15) is 9.84 Å². The molecule has 0 saturated heterocycles. The maximum Gasteiger partial charge on any atom is 0.191 e. The minimum atomic E-state index is -2.93. The smallest absolute Gasteiger partial charge is 0.191 e. The molecule has 0 amide bonds. The van der Waals surface area contributed by atoms with Crippen LogP contribution in [0.1, 0.15) is 31.4 Å². The van der Waals surface area contributed by atoms with Crippen molar-refractivity contribution in [2.75, 3.05) is 25.1 Å². The monoisotopic (exact) mass is 339 g/mol. The molecule has 1 rings (SSSR count). The molecule has 0 aliphatic heterocycles. The summed E-state index contributed by atoms with van der Waals surface area (Å²) in [6.07, 6.45) is 2.73. The van der Waals surface area contributed by atoms with E-state index in [1.54, 1.807) is 0 Å². The second-order valence-corrected chi connectivity index (χ2v) is 8.16. The van der Waals surface area contributed by atoms with Crippen LogP contribution in [0.25, 0.3) is 0 Å². The zero-order valence-electron chi connectivity index (χ0n) is 14.6. The van der Waals surface area contributed by atoms with Gasteiger partial charge in [0.25, 0.3) is 0 Å². The second kappa shape index (κ2) is 9.55. The minimum Gasteiger partial charge on any atom is -0.357 e. The summed E-state index contributed by atoms with van der Waals surface area (Å²) in [7, 11) is -2.93. The van der Waals surface area contributed by atoms with E-state index in [-0.39, 0.29) is 11.8 Å². The third kappa shape index (κ3) is 8.59. The first-order chi connectivity index (χ1) is 10.8. The number of hydrogen-bond acceptors (Lipinski definition) is 3. The number of aliphatic imine (C=N–C) groups is 1. The van der Waals surface area contributed by atoms with E-state index in [0.29, 0.717) is 13.0 Å². The summed E-state index contributed by atoms with van der Waals surface area (Å²) in [6.45, 7) is 7.56. The quantitative estimate of drug-likeness (QED) is 0.561. The highest BCUT2D eigenvalue weighted by molar-refractivity contribution is 7.90. The average molecular weight is 340 g/mol. The standard InChI is InChI=1S/C17H29N3O2S/c1-5-18-17(20-15(3)11-13-23(4,21)22)19-12-10-16-9-7-6-8-14(16)2/h6-9,15H,5,10-13H2,1-4H3,(H2,18,19,20). The van der Waals surface area contributed by atoms with Crippen LogP contribution in [0.4, 0.5) is 0 Å². The highest BCUT2D eigenvalue weighted by Crippen LogP contribution is 2.07. The number of benzene rings is 1. The Labute approximate surface area is 140 Å². The third-order valence-corrected chi connectivity index (χ3v) is 4.54. The van der Waals surface area contributed by atoms with Crippen LogP contribution in [0.2, 0.25) is 0 Å². The Kier molecular flexibility index (Phi) is 8.09. The molecule has 0 heterocycles. The van der Waals surface area contributed by atoms with Crippen LogP contribution in [0.3, 0.4) is 0 Å². The van der Waals surface area contributed by atoms with Gasteiger partial charge in [0, 0.05) is 25.4 Å². The van der Waals surface area contributed by atoms with E-state index in [2.05, 4.69) is 34.7 Å². The molecule has 0 spiro atoms. The summed E-state index contributed by atoms with van der Waals surface area (Å²) in [6, 6.07) is 8.37. The zero-order chi connectivity index (χ0) is 17.3. The van der Waals surface area contributed by atoms with E-state index in [1.165, 1.54) is 17.4 Å². The number of sulfone groups is 1. The summed E-state index contributed by atoms with van der Waals surface area (Å²) in [5, 5.41) is 6.47. The van der Waals surface area contributed by atoms with Crippen molar-refractivity contribution >= 4 is 15.8 Å². The molecule has 2 N–H and O–H groups in total. The van der Waals surface area contributed by atoms with Crippen LogP contribution >= 0.6 is 0 Å². The lowest BCUT2D eigenvalue weighted by Gasteiger charge is -2.17. The second-order valence-electron chi connectivity index (χ2n) is 5.90. The fourth-order valence-electron chi connectivity index (χ4n) is 2.20. The van der Waals surface area contributed by atoms with Crippen molar-refractivity contribution in [3.05, 3.63) is 35.4 Å². The van der Waals surface area contributed by atoms with Crippen LogP contribution in [-0.2, 0) is 16.3 Å². The van der Waals surface area contributed by atoms with Crippen LogP contribution < -0.4 is 10.6 Å². The molecular weight excluding hydrogens is 310 g/mol. The summed E-state index contributed by atoms with van der Waals surface area (Å²) >= 11 is 0. The number of nitrogens with zero attached hydrogens (tertiary/aromatic N) is 1. The molecule has 0 aliphatic rings. The Hall–Kier alpha value is -1.56. The zero-order valence-corrected chi connectivity index (χ0v) is 15.4. The van der Waals surface area contributed by atoms with E-state index in [0.717, 1.165) is 18.9 Å². The molecule has 1 unspecified atom stereocenters. The summed E-state index contributed by atoms with van der Waals surface area (Å²) in [5.74, 6) is 0.922. The van der Waals surface area contributed by atoms with Crippen molar-refractivity contribution in [3.63, 3.8) is 0 Å². The summed E-state index contributed by atoms with van der Waals surface area (Å²) in [5.41, 5.74) is 2.58. The normalized spacial score (nSPS) is 13.7. The van der Waals surface area contributed by atoms with Gasteiger partial charge in [-0.05, 0) is 44.7 Å². The van der Waals surface area contributed by atoms with Crippen molar-refractivity contribution in [1.29, 1.82) is 0 Å². The van der Waals surface area contributed by atoms with E-state index in [9.17, 15) is 8.42 Å². The lowest BCUT2D eigenvalue weighted by molar-refractivity contribution is 0.581. The molecule has 1 aromatic rings. The van der Waals surface area contributed by atoms with Gasteiger partial charge in [-0.2, -0.15) is 0 Å². The Morgan fingerprint density at radius 2 is 2.00 bits per heavy atom. The molecule has 0 aromatic heterocycles. The SMILES string of the molecule is CCNC(=NCCc1ccccc1C)NC(C)CCS(C)(=O)=O. The van der Waals surface area contributed by atoms with Gasteiger partial charge in [0.2, 0.25) is 0 Å². The molecule has 6 heteroatoms. The lowest BCUT2D eigenvalue weighted by Crippen LogP contribution is -2.43.